The van der Waals surface area contributed by atoms with Crippen LogP contribution in [0.25, 0.3) is 11.1 Å². The first-order chi connectivity index (χ1) is 20.5. The van der Waals surface area contributed by atoms with E-state index >= 15 is 0 Å². The number of aromatic nitrogens is 2. The number of nitrogens with zero attached hydrogens (tertiary/aromatic N) is 3. The summed E-state index contributed by atoms with van der Waals surface area (Å²) in [5.74, 6) is 2.34. The van der Waals surface area contributed by atoms with Gasteiger partial charge in [0.1, 0.15) is 0 Å². The summed E-state index contributed by atoms with van der Waals surface area (Å²) in [6.07, 6.45) is 11.4. The van der Waals surface area contributed by atoms with Crippen molar-refractivity contribution in [3.05, 3.63) is 65.8 Å². The molecule has 222 valence electrons. The Morgan fingerprint density at radius 2 is 1.74 bits per heavy atom. The molecule has 0 aliphatic heterocycles. The topological polar surface area (TPSA) is 68.5 Å². The predicted octanol–water partition coefficient (Wildman–Crippen LogP) is 7.92. The van der Waals surface area contributed by atoms with Gasteiger partial charge in [-0.25, -0.2) is 0 Å². The highest BCUT2D eigenvalue weighted by atomic mass is 19.1. The van der Waals surface area contributed by atoms with Gasteiger partial charge in [0.15, 0.2) is 5.82 Å². The zero-order valence-corrected chi connectivity index (χ0v) is 24.7. The van der Waals surface area contributed by atoms with Gasteiger partial charge in [-0.2, -0.15) is 4.98 Å². The van der Waals surface area contributed by atoms with Crippen molar-refractivity contribution in [1.82, 2.24) is 10.1 Å². The second-order valence-electron chi connectivity index (χ2n) is 13.7. The van der Waals surface area contributed by atoms with E-state index in [1.165, 1.54) is 12.8 Å². The molecule has 5 aliphatic rings. The van der Waals surface area contributed by atoms with Crippen LogP contribution in [0.2, 0.25) is 0 Å². The fourth-order valence-electron chi connectivity index (χ4n) is 7.85. The van der Waals surface area contributed by atoms with Crippen molar-refractivity contribution >= 4 is 11.6 Å². The highest BCUT2D eigenvalue weighted by Crippen LogP contribution is 2.58. The standard InChI is InChI=1S/C35H42FN3O3/c1-41-23-25-6-8-26(9-7-25)28-4-2-5-29(22-28)39(32(40)35(20-21-36)12-3-13-35)24-33-14-17-34(18-15-33,19-16-33)31-37-30(38-42-31)27-10-11-27/h2,4-9,22,27H,3,10-21,23-24H2,1H3. The Balaban J connectivity index is 1.16. The molecule has 5 aliphatic carbocycles. The lowest BCUT2D eigenvalue weighted by Crippen LogP contribution is -2.55. The Morgan fingerprint density at radius 1 is 1.00 bits per heavy atom. The van der Waals surface area contributed by atoms with Crippen LogP contribution in [-0.4, -0.2) is 36.4 Å². The average Bonchev–Trinajstić information content (AvgIpc) is 3.74. The average molecular weight is 572 g/mol. The number of anilines is 1. The van der Waals surface area contributed by atoms with Gasteiger partial charge in [0, 0.05) is 30.7 Å². The second-order valence-corrected chi connectivity index (χ2v) is 13.7. The van der Waals surface area contributed by atoms with E-state index in [4.69, 9.17) is 14.2 Å². The molecule has 1 heterocycles. The molecular formula is C35H42FN3O3. The van der Waals surface area contributed by atoms with Crippen molar-refractivity contribution < 1.29 is 18.4 Å². The Bertz CT molecular complexity index is 1400. The van der Waals surface area contributed by atoms with Crippen molar-refractivity contribution in [3.8, 4) is 11.1 Å². The van der Waals surface area contributed by atoms with Crippen LogP contribution < -0.4 is 4.90 Å². The maximum Gasteiger partial charge on any atom is 0.233 e. The maximum absolute atomic E-state index is 14.4. The molecule has 2 aromatic carbocycles. The highest BCUT2D eigenvalue weighted by Gasteiger charge is 2.54. The lowest BCUT2D eigenvalue weighted by Gasteiger charge is -2.54. The van der Waals surface area contributed by atoms with Crippen molar-refractivity contribution in [2.24, 2.45) is 10.8 Å². The molecule has 3 aromatic rings. The van der Waals surface area contributed by atoms with Crippen LogP contribution in [0.15, 0.2) is 53.1 Å². The van der Waals surface area contributed by atoms with E-state index in [0.717, 1.165) is 91.9 Å². The third-order valence-corrected chi connectivity index (χ3v) is 11.1. The molecule has 0 N–H and O–H groups in total. The molecule has 1 aromatic heterocycles. The normalized spacial score (nSPS) is 26.1. The highest BCUT2D eigenvalue weighted by molar-refractivity contribution is 5.98. The molecule has 0 unspecified atom stereocenters. The Kier molecular flexibility index (Phi) is 7.20. The molecule has 0 atom stereocenters. The van der Waals surface area contributed by atoms with E-state index in [1.54, 1.807) is 7.11 Å². The predicted molar refractivity (Wildman–Crippen MR) is 160 cm³/mol. The number of methoxy groups -OCH3 is 1. The minimum atomic E-state index is -0.570. The lowest BCUT2D eigenvalue weighted by atomic mass is 9.53. The van der Waals surface area contributed by atoms with Gasteiger partial charge in [-0.15, -0.1) is 0 Å². The number of benzene rings is 2. The third-order valence-electron chi connectivity index (χ3n) is 11.1. The summed E-state index contributed by atoms with van der Waals surface area (Å²) in [6, 6.07) is 16.8. The van der Waals surface area contributed by atoms with Crippen LogP contribution in [0.5, 0.6) is 0 Å². The molecule has 1 amide bonds. The first-order valence-electron chi connectivity index (χ1n) is 15.9. The van der Waals surface area contributed by atoms with E-state index in [2.05, 4.69) is 47.6 Å². The van der Waals surface area contributed by atoms with Crippen molar-refractivity contribution in [1.29, 1.82) is 0 Å². The molecule has 5 saturated carbocycles. The zero-order chi connectivity index (χ0) is 28.8. The van der Waals surface area contributed by atoms with Crippen LogP contribution in [0.3, 0.4) is 0 Å². The first kappa shape index (κ1) is 27.8. The lowest BCUT2D eigenvalue weighted by molar-refractivity contribution is -0.134. The van der Waals surface area contributed by atoms with Crippen molar-refractivity contribution in [3.63, 3.8) is 0 Å². The fourth-order valence-corrected chi connectivity index (χ4v) is 7.85. The van der Waals surface area contributed by atoms with Gasteiger partial charge >= 0.3 is 0 Å². The molecule has 42 heavy (non-hydrogen) atoms. The smallest absolute Gasteiger partial charge is 0.233 e. The summed E-state index contributed by atoms with van der Waals surface area (Å²) in [4.78, 5) is 21.3. The van der Waals surface area contributed by atoms with Gasteiger partial charge in [-0.3, -0.25) is 9.18 Å². The quantitative estimate of drug-likeness (QED) is 0.234. The summed E-state index contributed by atoms with van der Waals surface area (Å²) in [6.45, 7) is 0.814. The molecule has 2 bridgehead atoms. The summed E-state index contributed by atoms with van der Waals surface area (Å²) in [5.41, 5.74) is 3.69. The summed E-state index contributed by atoms with van der Waals surface area (Å²) < 4.78 is 24.9. The Morgan fingerprint density at radius 3 is 2.36 bits per heavy atom. The van der Waals surface area contributed by atoms with Gasteiger partial charge in [0.25, 0.3) is 0 Å². The van der Waals surface area contributed by atoms with Crippen molar-refractivity contribution in [2.45, 2.75) is 95.0 Å². The summed E-state index contributed by atoms with van der Waals surface area (Å²) >= 11 is 0. The molecule has 6 nitrogen and oxygen atoms in total. The molecular weight excluding hydrogens is 529 g/mol. The largest absolute Gasteiger partial charge is 0.380 e. The van der Waals surface area contributed by atoms with Gasteiger partial charge in [0.2, 0.25) is 11.8 Å². The van der Waals surface area contributed by atoms with Crippen LogP contribution in [-0.2, 0) is 21.6 Å². The van der Waals surface area contributed by atoms with E-state index in [1.807, 2.05) is 11.0 Å². The van der Waals surface area contributed by atoms with Crippen LogP contribution in [0.1, 0.15) is 100 Å². The van der Waals surface area contributed by atoms with Crippen LogP contribution in [0.4, 0.5) is 10.1 Å². The van der Waals surface area contributed by atoms with Gasteiger partial charge < -0.3 is 14.2 Å². The van der Waals surface area contributed by atoms with E-state index in [0.29, 0.717) is 25.5 Å². The minimum Gasteiger partial charge on any atom is -0.380 e. The zero-order valence-electron chi connectivity index (χ0n) is 24.7. The molecule has 0 radical (unpaired) electrons. The number of hydrogen-bond acceptors (Lipinski definition) is 5. The number of carbonyl (C=O) groups is 1. The van der Waals surface area contributed by atoms with Gasteiger partial charge in [-0.1, -0.05) is 48.0 Å². The second kappa shape index (κ2) is 10.9. The Hall–Kier alpha value is -3.06. The molecule has 0 spiro atoms. The summed E-state index contributed by atoms with van der Waals surface area (Å²) in [5, 5.41) is 4.32. The van der Waals surface area contributed by atoms with Crippen LogP contribution in [0, 0.1) is 10.8 Å². The number of alkyl halides is 1. The number of ether oxygens (including phenoxy) is 1. The minimum absolute atomic E-state index is 0.0188. The molecule has 7 heteroatoms. The number of carbonyl (C=O) groups excluding carboxylic acids is 1. The SMILES string of the molecule is COCc1ccc(-c2cccc(N(CC34CCC(c5nc(C6CC6)no5)(CC3)CC4)C(=O)C3(CCF)CCC3)c2)cc1. The van der Waals surface area contributed by atoms with Gasteiger partial charge in [-0.05, 0) is 105 Å². The van der Waals surface area contributed by atoms with Crippen LogP contribution >= 0.6 is 0 Å². The molecule has 0 saturated heterocycles. The number of halogens is 1. The van der Waals surface area contributed by atoms with E-state index in [-0.39, 0.29) is 16.7 Å². The fraction of sp³-hybridized carbons (Fsp3) is 0.571. The number of fused-ring (bicyclic) bond motifs is 3. The summed E-state index contributed by atoms with van der Waals surface area (Å²) in [7, 11) is 1.70. The van der Waals surface area contributed by atoms with E-state index < -0.39 is 12.1 Å². The van der Waals surface area contributed by atoms with Gasteiger partial charge in [0.05, 0.1) is 18.7 Å². The monoisotopic (exact) mass is 571 g/mol. The molecule has 5 fully saturated rings. The Labute approximate surface area is 248 Å². The number of hydrogen-bond donors (Lipinski definition) is 0. The van der Waals surface area contributed by atoms with Crippen molar-refractivity contribution in [2.75, 3.05) is 25.2 Å². The molecule has 8 rings (SSSR count). The maximum atomic E-state index is 14.4. The number of rotatable bonds is 11. The first-order valence-corrected chi connectivity index (χ1v) is 15.9. The van der Waals surface area contributed by atoms with E-state index in [9.17, 15) is 9.18 Å². The number of amides is 1. The third kappa shape index (κ3) is 4.97.